The van der Waals surface area contributed by atoms with Crippen LogP contribution in [0.5, 0.6) is 5.88 Å². The van der Waals surface area contributed by atoms with Gasteiger partial charge >= 0.3 is 0 Å². The van der Waals surface area contributed by atoms with Gasteiger partial charge in [-0.25, -0.2) is 4.98 Å². The summed E-state index contributed by atoms with van der Waals surface area (Å²) in [7, 11) is 0. The van der Waals surface area contributed by atoms with Crippen molar-refractivity contribution in [1.82, 2.24) is 24.4 Å². The van der Waals surface area contributed by atoms with E-state index in [1.807, 2.05) is 19.1 Å². The summed E-state index contributed by atoms with van der Waals surface area (Å²) in [5.41, 5.74) is 3.70. The van der Waals surface area contributed by atoms with Crippen LogP contribution in [0.25, 0.3) is 4.96 Å². The number of hydrogen-bond donors (Lipinski definition) is 1. The lowest BCUT2D eigenvalue weighted by Crippen LogP contribution is -2.49. The van der Waals surface area contributed by atoms with E-state index < -0.39 is 0 Å². The molecule has 1 N–H and O–H groups in total. The van der Waals surface area contributed by atoms with Crippen molar-refractivity contribution >= 4 is 27.9 Å². The van der Waals surface area contributed by atoms with Gasteiger partial charge in [-0.15, -0.1) is 5.10 Å². The Balaban J connectivity index is 1.32. The summed E-state index contributed by atoms with van der Waals surface area (Å²) >= 11 is 7.72. The number of benzene rings is 3. The summed E-state index contributed by atoms with van der Waals surface area (Å²) in [6, 6.07) is 29.5. The summed E-state index contributed by atoms with van der Waals surface area (Å²) in [6.07, 6.45) is 0. The number of halogens is 1. The van der Waals surface area contributed by atoms with E-state index in [1.54, 1.807) is 4.52 Å². The van der Waals surface area contributed by atoms with Gasteiger partial charge < -0.3 is 5.11 Å². The normalized spacial score (nSPS) is 16.0. The smallest absolute Gasteiger partial charge is 0.230 e. The molecule has 1 atom stereocenters. The average molecular weight is 530 g/mol. The first-order valence-corrected chi connectivity index (χ1v) is 13.7. The third-order valence-electron chi connectivity index (χ3n) is 7.05. The molecule has 6 nitrogen and oxygen atoms in total. The van der Waals surface area contributed by atoms with Crippen molar-refractivity contribution in [2.75, 3.05) is 26.2 Å². The van der Waals surface area contributed by atoms with Gasteiger partial charge in [0.05, 0.1) is 17.0 Å². The summed E-state index contributed by atoms with van der Waals surface area (Å²) in [5, 5.41) is 16.3. The molecule has 1 aliphatic heterocycles. The van der Waals surface area contributed by atoms with Gasteiger partial charge in [-0.05, 0) is 35.7 Å². The highest BCUT2D eigenvalue weighted by Crippen LogP contribution is 2.41. The molecule has 0 radical (unpaired) electrons. The average Bonchev–Trinajstić information content (AvgIpc) is 3.44. The lowest BCUT2D eigenvalue weighted by atomic mass is 9.96. The molecule has 3 heterocycles. The zero-order valence-electron chi connectivity index (χ0n) is 20.5. The Morgan fingerprint density at radius 3 is 1.81 bits per heavy atom. The number of aromatic hydroxyl groups is 1. The van der Waals surface area contributed by atoms with E-state index >= 15 is 0 Å². The molecule has 1 aliphatic rings. The fourth-order valence-electron chi connectivity index (χ4n) is 5.34. The molecule has 0 aliphatic carbocycles. The summed E-state index contributed by atoms with van der Waals surface area (Å²) in [5.74, 6) is 0.812. The van der Waals surface area contributed by atoms with Crippen LogP contribution in [0.4, 0.5) is 0 Å². The molecular weight excluding hydrogens is 502 g/mol. The Labute approximate surface area is 225 Å². The molecule has 1 saturated heterocycles. The number of aryl methyl sites for hydroxylation is 1. The van der Waals surface area contributed by atoms with E-state index in [0.29, 0.717) is 15.8 Å². The van der Waals surface area contributed by atoms with E-state index in [0.717, 1.165) is 36.6 Å². The van der Waals surface area contributed by atoms with Crippen LogP contribution >= 0.6 is 22.9 Å². The van der Waals surface area contributed by atoms with E-state index in [1.165, 1.54) is 22.5 Å². The molecule has 0 amide bonds. The van der Waals surface area contributed by atoms with Crippen LogP contribution in [-0.2, 0) is 0 Å². The van der Waals surface area contributed by atoms with Crippen LogP contribution in [0.15, 0.2) is 84.9 Å². The Hall–Kier alpha value is -3.23. The van der Waals surface area contributed by atoms with Gasteiger partial charge in [0.2, 0.25) is 10.8 Å². The maximum Gasteiger partial charge on any atom is 0.230 e. The molecule has 6 rings (SSSR count). The number of piperazine rings is 1. The Kier molecular flexibility index (Phi) is 6.69. The zero-order valence-corrected chi connectivity index (χ0v) is 22.1. The standard InChI is InChI=1S/C29H28ClN5OS/c1-20-31-29-35(32-20)28(36)27(37-29)26(23-12-14-24(30)15-13-23)34-18-16-33(17-19-34)25(21-8-4-2-5-9-21)22-10-6-3-7-11-22/h2-15,25-26,36H,16-19H2,1H3/t26-/m0/s1. The van der Waals surface area contributed by atoms with Gasteiger partial charge in [-0.2, -0.15) is 4.52 Å². The van der Waals surface area contributed by atoms with Crippen LogP contribution < -0.4 is 0 Å². The van der Waals surface area contributed by atoms with Gasteiger partial charge in [0, 0.05) is 31.2 Å². The third-order valence-corrected chi connectivity index (χ3v) is 8.37. The Bertz CT molecular complexity index is 1440. The molecule has 1 fully saturated rings. The largest absolute Gasteiger partial charge is 0.492 e. The van der Waals surface area contributed by atoms with E-state index in [4.69, 9.17) is 11.6 Å². The minimum absolute atomic E-state index is 0.111. The van der Waals surface area contributed by atoms with Crippen molar-refractivity contribution in [3.8, 4) is 5.88 Å². The molecule has 0 bridgehead atoms. The first kappa shape index (κ1) is 24.1. The van der Waals surface area contributed by atoms with Crippen molar-refractivity contribution in [3.63, 3.8) is 0 Å². The monoisotopic (exact) mass is 529 g/mol. The minimum Gasteiger partial charge on any atom is -0.492 e. The van der Waals surface area contributed by atoms with Crippen molar-refractivity contribution < 1.29 is 5.11 Å². The maximum absolute atomic E-state index is 11.2. The molecule has 0 saturated carbocycles. The van der Waals surface area contributed by atoms with E-state index in [2.05, 4.69) is 92.7 Å². The molecule has 3 aromatic carbocycles. The molecule has 188 valence electrons. The van der Waals surface area contributed by atoms with Gasteiger partial charge in [0.1, 0.15) is 5.82 Å². The van der Waals surface area contributed by atoms with Crippen molar-refractivity contribution in [2.24, 2.45) is 0 Å². The summed E-state index contributed by atoms with van der Waals surface area (Å²) in [6.45, 7) is 5.36. The fourth-order valence-corrected chi connectivity index (χ4v) is 6.63. The molecule has 0 spiro atoms. The quantitative estimate of drug-likeness (QED) is 0.294. The minimum atomic E-state index is -0.111. The molecule has 5 aromatic rings. The van der Waals surface area contributed by atoms with Crippen molar-refractivity contribution in [1.29, 1.82) is 0 Å². The number of thiazole rings is 1. The number of fused-ring (bicyclic) bond motifs is 1. The highest BCUT2D eigenvalue weighted by Gasteiger charge is 2.34. The van der Waals surface area contributed by atoms with Gasteiger partial charge in [0.15, 0.2) is 0 Å². The Morgan fingerprint density at radius 1 is 0.757 bits per heavy atom. The second kappa shape index (κ2) is 10.3. The van der Waals surface area contributed by atoms with Crippen molar-refractivity contribution in [3.05, 3.63) is 117 Å². The highest BCUT2D eigenvalue weighted by atomic mass is 35.5. The summed E-state index contributed by atoms with van der Waals surface area (Å²) in [4.78, 5) is 11.1. The Morgan fingerprint density at radius 2 is 1.27 bits per heavy atom. The van der Waals surface area contributed by atoms with Gasteiger partial charge in [-0.3, -0.25) is 9.80 Å². The summed E-state index contributed by atoms with van der Waals surface area (Å²) < 4.78 is 1.55. The number of aromatic nitrogens is 3. The SMILES string of the molecule is Cc1nc2sc([C@H](c3ccc(Cl)cc3)N3CCN(C(c4ccccc4)c4ccccc4)CC3)c(O)n2n1. The van der Waals surface area contributed by atoms with E-state index in [9.17, 15) is 5.11 Å². The van der Waals surface area contributed by atoms with Crippen molar-refractivity contribution in [2.45, 2.75) is 19.0 Å². The lowest BCUT2D eigenvalue weighted by molar-refractivity contribution is 0.0899. The topological polar surface area (TPSA) is 56.9 Å². The van der Waals surface area contributed by atoms with Crippen LogP contribution in [0, 0.1) is 6.92 Å². The zero-order chi connectivity index (χ0) is 25.4. The number of rotatable bonds is 6. The molecule has 2 aromatic heterocycles. The molecule has 37 heavy (non-hydrogen) atoms. The van der Waals surface area contributed by atoms with E-state index in [-0.39, 0.29) is 18.0 Å². The second-order valence-electron chi connectivity index (χ2n) is 9.39. The maximum atomic E-state index is 11.2. The first-order valence-electron chi connectivity index (χ1n) is 12.5. The molecule has 8 heteroatoms. The highest BCUT2D eigenvalue weighted by molar-refractivity contribution is 7.17. The molecular formula is C29H28ClN5OS. The second-order valence-corrected chi connectivity index (χ2v) is 10.8. The van der Waals surface area contributed by atoms with Crippen LogP contribution in [0.2, 0.25) is 5.02 Å². The third kappa shape index (κ3) is 4.76. The van der Waals surface area contributed by atoms with Gasteiger partial charge in [0.25, 0.3) is 0 Å². The van der Waals surface area contributed by atoms with Gasteiger partial charge in [-0.1, -0.05) is 95.7 Å². The predicted octanol–water partition coefficient (Wildman–Crippen LogP) is 5.95. The van der Waals surface area contributed by atoms with Crippen LogP contribution in [-0.4, -0.2) is 55.7 Å². The van der Waals surface area contributed by atoms with Crippen LogP contribution in [0.3, 0.4) is 0 Å². The molecule has 0 unspecified atom stereocenters. The number of hydrogen-bond acceptors (Lipinski definition) is 6. The first-order chi connectivity index (χ1) is 18.1. The lowest BCUT2D eigenvalue weighted by Gasteiger charge is -2.42. The predicted molar refractivity (Wildman–Crippen MR) is 148 cm³/mol. The fraction of sp³-hybridized carbons (Fsp3) is 0.241. The van der Waals surface area contributed by atoms with Crippen LogP contribution in [0.1, 0.15) is 39.5 Å². The number of nitrogens with zero attached hydrogens (tertiary/aromatic N) is 5.